The van der Waals surface area contributed by atoms with Crippen LogP contribution >= 0.6 is 0 Å². The predicted octanol–water partition coefficient (Wildman–Crippen LogP) is -0.234. The second kappa shape index (κ2) is 2.11. The lowest BCUT2D eigenvalue weighted by molar-refractivity contribution is 0.567. The van der Waals surface area contributed by atoms with Crippen molar-refractivity contribution in [3.8, 4) is 0 Å². The highest BCUT2D eigenvalue weighted by Gasteiger charge is 2.03. The summed E-state index contributed by atoms with van der Waals surface area (Å²) in [5, 5.41) is 0. The molecule has 0 bridgehead atoms. The van der Waals surface area contributed by atoms with Crippen LogP contribution in [-0.4, -0.2) is 20.6 Å². The lowest BCUT2D eigenvalue weighted by Crippen LogP contribution is -1.96. The lowest BCUT2D eigenvalue weighted by atomic mass is 10.7. The Labute approximate surface area is 47.9 Å². The van der Waals surface area contributed by atoms with Gasteiger partial charge < -0.3 is 0 Å². The quantitative estimate of drug-likeness (QED) is 0.465. The van der Waals surface area contributed by atoms with Crippen molar-refractivity contribution in [1.29, 1.82) is 0 Å². The molecule has 0 saturated carbocycles. The van der Waals surface area contributed by atoms with E-state index in [1.54, 1.807) is 0 Å². The summed E-state index contributed by atoms with van der Waals surface area (Å²) >= 11 is 0. The summed E-state index contributed by atoms with van der Waals surface area (Å²) in [6, 6.07) is 0. The van der Waals surface area contributed by atoms with Crippen LogP contribution < -0.4 is 0 Å². The van der Waals surface area contributed by atoms with Crippen LogP contribution in [0.1, 0.15) is 6.92 Å². The van der Waals surface area contributed by atoms with E-state index in [2.05, 4.69) is 0 Å². The maximum atomic E-state index is 10.3. The molecule has 4 heteroatoms. The fraction of sp³-hybridized carbons (Fsp3) is 0.500. The van der Waals surface area contributed by atoms with Crippen molar-refractivity contribution in [2.75, 3.05) is 6.26 Å². The maximum absolute atomic E-state index is 10.3. The van der Waals surface area contributed by atoms with Gasteiger partial charge in [-0.2, -0.15) is 0 Å². The third-order valence-electron chi connectivity index (χ3n) is 0.700. The number of hydrogen-bond donors (Lipinski definition) is 0. The zero-order chi connectivity index (χ0) is 6.78. The Kier molecular flexibility index (Phi) is 1.95. The van der Waals surface area contributed by atoms with E-state index in [0.29, 0.717) is 0 Å². The molecule has 0 saturated heterocycles. The van der Waals surface area contributed by atoms with Crippen LogP contribution in [0, 0.1) is 0 Å². The van der Waals surface area contributed by atoms with E-state index >= 15 is 0 Å². The Bertz CT molecular complexity index is 218. The summed E-state index contributed by atoms with van der Waals surface area (Å²) in [5.41, 5.74) is 0. The zero-order valence-corrected chi connectivity index (χ0v) is 5.45. The van der Waals surface area contributed by atoms with E-state index in [1.807, 2.05) is 0 Å². The van der Waals surface area contributed by atoms with Gasteiger partial charge in [-0.1, -0.05) is 0 Å². The number of carbonyl (C=O) groups excluding carboxylic acids is 1. The molecule has 0 aliphatic heterocycles. The van der Waals surface area contributed by atoms with Gasteiger partial charge in [0, 0.05) is 6.26 Å². The third kappa shape index (κ3) is 1.91. The van der Waals surface area contributed by atoms with Crippen molar-refractivity contribution in [2.24, 2.45) is 0 Å². The third-order valence-corrected chi connectivity index (χ3v) is 1.90. The van der Waals surface area contributed by atoms with Gasteiger partial charge in [0.25, 0.3) is 0 Å². The molecule has 46 valence electrons. The fourth-order valence-corrected chi connectivity index (χ4v) is 0.227. The van der Waals surface area contributed by atoms with Crippen LogP contribution in [0.15, 0.2) is 4.91 Å². The van der Waals surface area contributed by atoms with Gasteiger partial charge in [0.2, 0.25) is 0 Å². The van der Waals surface area contributed by atoms with E-state index in [9.17, 15) is 13.2 Å². The first-order chi connectivity index (χ1) is 3.48. The van der Waals surface area contributed by atoms with Crippen molar-refractivity contribution in [2.45, 2.75) is 6.92 Å². The van der Waals surface area contributed by atoms with Gasteiger partial charge in [0.05, 0.1) is 0 Å². The Morgan fingerprint density at radius 3 is 1.88 bits per heavy atom. The minimum atomic E-state index is -3.26. The number of hydrogen-bond acceptors (Lipinski definition) is 3. The summed E-state index contributed by atoms with van der Waals surface area (Å²) in [4.78, 5) is 9.36. The molecule has 0 spiro atoms. The summed E-state index contributed by atoms with van der Waals surface area (Å²) in [6.45, 7) is 1.21. The summed E-state index contributed by atoms with van der Waals surface area (Å²) in [6.07, 6.45) is 0.966. The molecule has 0 atom stereocenters. The van der Waals surface area contributed by atoms with Crippen molar-refractivity contribution < 1.29 is 13.2 Å². The van der Waals surface area contributed by atoms with Crippen molar-refractivity contribution >= 4 is 15.8 Å². The Morgan fingerprint density at radius 1 is 1.50 bits per heavy atom. The van der Waals surface area contributed by atoms with Crippen LogP contribution in [0.2, 0.25) is 0 Å². The van der Waals surface area contributed by atoms with Crippen LogP contribution in [0.25, 0.3) is 0 Å². The van der Waals surface area contributed by atoms with Crippen molar-refractivity contribution in [1.82, 2.24) is 0 Å². The molecule has 0 N–H and O–H groups in total. The van der Waals surface area contributed by atoms with Crippen LogP contribution in [0.4, 0.5) is 0 Å². The van der Waals surface area contributed by atoms with Gasteiger partial charge in [-0.15, -0.1) is 0 Å². The average Bonchev–Trinajstić information content (AvgIpc) is 1.62. The van der Waals surface area contributed by atoms with E-state index in [-0.39, 0.29) is 4.91 Å². The van der Waals surface area contributed by atoms with Gasteiger partial charge in [-0.25, -0.2) is 13.2 Å². The molecule has 0 rings (SSSR count). The molecule has 0 radical (unpaired) electrons. The fourth-order valence-electron chi connectivity index (χ4n) is 0.0757. The van der Waals surface area contributed by atoms with Crippen molar-refractivity contribution in [3.63, 3.8) is 0 Å². The van der Waals surface area contributed by atoms with Gasteiger partial charge in [0.15, 0.2) is 9.84 Å². The Hall–Kier alpha value is -0.600. The predicted molar refractivity (Wildman–Crippen MR) is 29.7 cm³/mol. The molecular weight excluding hydrogens is 128 g/mol. The topological polar surface area (TPSA) is 51.2 Å². The smallest absolute Gasteiger partial charge is 0.181 e. The molecule has 0 aromatic heterocycles. The highest BCUT2D eigenvalue weighted by molar-refractivity contribution is 7.94. The molecule has 0 aliphatic rings. The van der Waals surface area contributed by atoms with Crippen LogP contribution in [-0.2, 0) is 14.6 Å². The molecule has 0 aromatic rings. The van der Waals surface area contributed by atoms with Gasteiger partial charge >= 0.3 is 0 Å². The highest BCUT2D eigenvalue weighted by atomic mass is 32.2. The minimum Gasteiger partial charge on any atom is -0.232 e. The molecule has 0 heterocycles. The van der Waals surface area contributed by atoms with E-state index < -0.39 is 9.84 Å². The SMILES string of the molecule is CC(=C=O)S(C)(=O)=O. The number of rotatable bonds is 1. The molecule has 0 unspecified atom stereocenters. The largest absolute Gasteiger partial charge is 0.232 e. The average molecular weight is 134 g/mol. The first kappa shape index (κ1) is 7.40. The first-order valence-electron chi connectivity index (χ1n) is 1.90. The second-order valence-corrected chi connectivity index (χ2v) is 3.59. The molecule has 8 heavy (non-hydrogen) atoms. The summed E-state index contributed by atoms with van der Waals surface area (Å²) in [7, 11) is -3.26. The summed E-state index contributed by atoms with van der Waals surface area (Å²) < 4.78 is 20.5. The molecule has 3 nitrogen and oxygen atoms in total. The molecule has 0 aliphatic carbocycles. The number of allylic oxidation sites excluding steroid dienone is 1. The minimum absolute atomic E-state index is 0.252. The maximum Gasteiger partial charge on any atom is 0.181 e. The Morgan fingerprint density at radius 2 is 1.88 bits per heavy atom. The highest BCUT2D eigenvalue weighted by Crippen LogP contribution is 1.94. The van der Waals surface area contributed by atoms with E-state index in [4.69, 9.17) is 0 Å². The van der Waals surface area contributed by atoms with Gasteiger partial charge in [-0.05, 0) is 6.92 Å². The number of sulfone groups is 1. The van der Waals surface area contributed by atoms with Crippen LogP contribution in [0.3, 0.4) is 0 Å². The van der Waals surface area contributed by atoms with E-state index in [1.165, 1.54) is 12.9 Å². The Balaban J connectivity index is 4.83. The summed E-state index contributed by atoms with van der Waals surface area (Å²) in [5.74, 6) is 1.28. The molecule has 0 amide bonds. The zero-order valence-electron chi connectivity index (χ0n) is 4.63. The normalized spacial score (nSPS) is 10.2. The van der Waals surface area contributed by atoms with Gasteiger partial charge in [0.1, 0.15) is 10.8 Å². The molecule has 0 fully saturated rings. The monoisotopic (exact) mass is 134 g/mol. The molecule has 0 aromatic carbocycles. The van der Waals surface area contributed by atoms with Gasteiger partial charge in [-0.3, -0.25) is 0 Å². The van der Waals surface area contributed by atoms with Crippen LogP contribution in [0.5, 0.6) is 0 Å². The first-order valence-corrected chi connectivity index (χ1v) is 3.79. The lowest BCUT2D eigenvalue weighted by Gasteiger charge is -1.85. The van der Waals surface area contributed by atoms with Crippen molar-refractivity contribution in [3.05, 3.63) is 4.91 Å². The van der Waals surface area contributed by atoms with E-state index in [0.717, 1.165) is 6.26 Å². The second-order valence-electron chi connectivity index (χ2n) is 1.43. The molecular formula is C4H6O3S. The standard InChI is InChI=1S/C4H6O3S/c1-4(3-5)8(2,6)7/h1-2H3.